The highest BCUT2D eigenvalue weighted by molar-refractivity contribution is 7.98. The molecule has 0 unspecified atom stereocenters. The number of hydrogen-bond acceptors (Lipinski definition) is 6. The number of carbonyl (C=O) groups is 2. The Kier molecular flexibility index (Phi) is 7.11. The molecule has 0 atom stereocenters. The molecule has 0 bridgehead atoms. The number of hydrogen-bond donors (Lipinski definition) is 2. The molecule has 1 aromatic heterocycles. The zero-order valence-corrected chi connectivity index (χ0v) is 16.7. The third-order valence-electron chi connectivity index (χ3n) is 4.83. The molecule has 2 N–H and O–H groups in total. The van der Waals surface area contributed by atoms with E-state index in [1.54, 1.807) is 22.9 Å². The van der Waals surface area contributed by atoms with Crippen LogP contribution in [0.4, 0.5) is 0 Å². The van der Waals surface area contributed by atoms with Crippen molar-refractivity contribution >= 4 is 23.6 Å². The van der Waals surface area contributed by atoms with E-state index >= 15 is 0 Å². The predicted molar refractivity (Wildman–Crippen MR) is 106 cm³/mol. The summed E-state index contributed by atoms with van der Waals surface area (Å²) in [6.45, 7) is -0.0197. The maximum absolute atomic E-state index is 12.4. The van der Waals surface area contributed by atoms with Crippen LogP contribution in [0, 0.1) is 0 Å². The monoisotopic (exact) mass is 403 g/mol. The lowest BCUT2D eigenvalue weighted by atomic mass is 10.1. The van der Waals surface area contributed by atoms with Gasteiger partial charge < -0.3 is 19.7 Å². The number of aliphatic hydroxyl groups excluding tert-OH is 1. The van der Waals surface area contributed by atoms with Gasteiger partial charge in [-0.25, -0.2) is 9.78 Å². The van der Waals surface area contributed by atoms with Gasteiger partial charge in [-0.05, 0) is 30.5 Å². The molecule has 28 heavy (non-hydrogen) atoms. The van der Waals surface area contributed by atoms with E-state index in [1.165, 1.54) is 18.9 Å². The summed E-state index contributed by atoms with van der Waals surface area (Å²) in [5, 5.41) is 13.3. The Morgan fingerprint density at radius 2 is 2.00 bits per heavy atom. The van der Waals surface area contributed by atoms with Crippen molar-refractivity contribution in [1.82, 2.24) is 14.9 Å². The fourth-order valence-electron chi connectivity index (χ4n) is 3.29. The second kappa shape index (κ2) is 9.75. The normalized spacial score (nSPS) is 14.2. The van der Waals surface area contributed by atoms with Gasteiger partial charge in [0.15, 0.2) is 5.16 Å². The number of methoxy groups -OCH3 is 1. The quantitative estimate of drug-likeness (QED) is 0.520. The van der Waals surface area contributed by atoms with Gasteiger partial charge in [0, 0.05) is 11.8 Å². The molecule has 0 aliphatic heterocycles. The van der Waals surface area contributed by atoms with E-state index < -0.39 is 0 Å². The Bertz CT molecular complexity index is 813. The molecular formula is C20H25N3O4S. The summed E-state index contributed by atoms with van der Waals surface area (Å²) in [4.78, 5) is 28.3. The summed E-state index contributed by atoms with van der Waals surface area (Å²) < 4.78 is 6.46. The van der Waals surface area contributed by atoms with Crippen molar-refractivity contribution in [3.05, 3.63) is 47.3 Å². The first-order valence-electron chi connectivity index (χ1n) is 9.35. The number of amides is 1. The van der Waals surface area contributed by atoms with E-state index in [-0.39, 0.29) is 31.1 Å². The highest BCUT2D eigenvalue weighted by Gasteiger charge is 2.19. The molecule has 3 rings (SSSR count). The molecule has 1 fully saturated rings. The van der Waals surface area contributed by atoms with E-state index in [0.29, 0.717) is 22.2 Å². The smallest absolute Gasteiger partial charge is 0.337 e. The third kappa shape index (κ3) is 5.14. The van der Waals surface area contributed by atoms with Crippen molar-refractivity contribution in [2.45, 2.75) is 55.8 Å². The van der Waals surface area contributed by atoms with Crippen molar-refractivity contribution in [1.29, 1.82) is 0 Å². The van der Waals surface area contributed by atoms with Gasteiger partial charge in [0.05, 0.1) is 31.2 Å². The van der Waals surface area contributed by atoms with Crippen molar-refractivity contribution in [3.63, 3.8) is 0 Å². The lowest BCUT2D eigenvalue weighted by Crippen LogP contribution is -2.35. The van der Waals surface area contributed by atoms with Crippen LogP contribution < -0.4 is 5.32 Å². The molecule has 1 saturated carbocycles. The number of esters is 1. The second-order valence-electron chi connectivity index (χ2n) is 6.80. The van der Waals surface area contributed by atoms with Crippen molar-refractivity contribution < 1.29 is 19.4 Å². The van der Waals surface area contributed by atoms with Crippen LogP contribution in [0.1, 0.15) is 47.3 Å². The molecule has 1 aliphatic carbocycles. The summed E-state index contributed by atoms with van der Waals surface area (Å²) in [5.41, 5.74) is 2.14. The van der Waals surface area contributed by atoms with Crippen molar-refractivity contribution in [2.75, 3.05) is 7.11 Å². The molecule has 1 amide bonds. The van der Waals surface area contributed by atoms with Gasteiger partial charge in [-0.2, -0.15) is 0 Å². The molecular weight excluding hydrogens is 378 g/mol. The highest BCUT2D eigenvalue weighted by Crippen LogP contribution is 2.24. The molecule has 0 spiro atoms. The van der Waals surface area contributed by atoms with Gasteiger partial charge in [0.25, 0.3) is 0 Å². The van der Waals surface area contributed by atoms with Gasteiger partial charge in [0.1, 0.15) is 6.54 Å². The number of nitrogens with one attached hydrogen (secondary N) is 1. The SMILES string of the molecule is COC(=O)c1ccc(CSc2ncc(CO)n2CC(=O)NC2CCCC2)cc1. The van der Waals surface area contributed by atoms with Crippen molar-refractivity contribution in [3.8, 4) is 0 Å². The third-order valence-corrected chi connectivity index (χ3v) is 5.89. The maximum atomic E-state index is 12.4. The molecule has 150 valence electrons. The van der Waals surface area contributed by atoms with Crippen LogP contribution in [0.5, 0.6) is 0 Å². The first-order valence-corrected chi connectivity index (χ1v) is 10.3. The first kappa shape index (κ1) is 20.4. The summed E-state index contributed by atoms with van der Waals surface area (Å²) in [6, 6.07) is 7.45. The average Bonchev–Trinajstić information content (AvgIpc) is 3.36. The topological polar surface area (TPSA) is 93.4 Å². The summed E-state index contributed by atoms with van der Waals surface area (Å²) in [5.74, 6) is 0.215. The fourth-order valence-corrected chi connectivity index (χ4v) is 4.25. The van der Waals surface area contributed by atoms with Crippen LogP contribution in [-0.4, -0.2) is 39.7 Å². The molecule has 1 heterocycles. The maximum Gasteiger partial charge on any atom is 0.337 e. The summed E-state index contributed by atoms with van der Waals surface area (Å²) >= 11 is 1.49. The van der Waals surface area contributed by atoms with Crippen LogP contribution in [0.2, 0.25) is 0 Å². The minimum absolute atomic E-state index is 0.0520. The van der Waals surface area contributed by atoms with Crippen LogP contribution in [-0.2, 0) is 28.4 Å². The van der Waals surface area contributed by atoms with Gasteiger partial charge in [-0.3, -0.25) is 4.79 Å². The van der Waals surface area contributed by atoms with E-state index in [4.69, 9.17) is 4.74 Å². The second-order valence-corrected chi connectivity index (χ2v) is 7.74. The van der Waals surface area contributed by atoms with E-state index in [0.717, 1.165) is 31.2 Å². The Hall–Kier alpha value is -2.32. The summed E-state index contributed by atoms with van der Waals surface area (Å²) in [7, 11) is 1.35. The minimum atomic E-state index is -0.365. The molecule has 1 aliphatic rings. The number of carbonyl (C=O) groups excluding carboxylic acids is 2. The summed E-state index contributed by atoms with van der Waals surface area (Å²) in [6.07, 6.45) is 5.99. The van der Waals surface area contributed by atoms with E-state index in [2.05, 4.69) is 10.3 Å². The van der Waals surface area contributed by atoms with Crippen molar-refractivity contribution in [2.24, 2.45) is 0 Å². The molecule has 7 nitrogen and oxygen atoms in total. The number of imidazole rings is 1. The predicted octanol–water partition coefficient (Wildman–Crippen LogP) is 2.51. The number of aromatic nitrogens is 2. The fraction of sp³-hybridized carbons (Fsp3) is 0.450. The zero-order valence-electron chi connectivity index (χ0n) is 15.9. The number of nitrogens with zero attached hydrogens (tertiary/aromatic N) is 2. The van der Waals surface area contributed by atoms with E-state index in [9.17, 15) is 14.7 Å². The highest BCUT2D eigenvalue weighted by atomic mass is 32.2. The minimum Gasteiger partial charge on any atom is -0.465 e. The largest absolute Gasteiger partial charge is 0.465 e. The Labute approximate surface area is 168 Å². The average molecular weight is 404 g/mol. The Balaban J connectivity index is 1.62. The Morgan fingerprint density at radius 1 is 1.29 bits per heavy atom. The van der Waals surface area contributed by atoms with Crippen LogP contribution in [0.3, 0.4) is 0 Å². The lowest BCUT2D eigenvalue weighted by Gasteiger charge is -2.14. The van der Waals surface area contributed by atoms with Gasteiger partial charge in [-0.1, -0.05) is 36.7 Å². The molecule has 0 radical (unpaired) electrons. The number of thioether (sulfide) groups is 1. The number of benzene rings is 1. The standard InChI is InChI=1S/C20H25N3O4S/c1-27-19(26)15-8-6-14(7-9-15)13-28-20-21-10-17(12-24)23(20)11-18(25)22-16-4-2-3-5-16/h6-10,16,24H,2-5,11-13H2,1H3,(H,22,25). The number of ether oxygens (including phenoxy) is 1. The van der Waals surface area contributed by atoms with Gasteiger partial charge >= 0.3 is 5.97 Å². The molecule has 8 heteroatoms. The lowest BCUT2D eigenvalue weighted by molar-refractivity contribution is -0.122. The number of rotatable bonds is 8. The Morgan fingerprint density at radius 3 is 2.64 bits per heavy atom. The van der Waals surface area contributed by atoms with Crippen LogP contribution >= 0.6 is 11.8 Å². The van der Waals surface area contributed by atoms with Gasteiger partial charge in [-0.15, -0.1) is 0 Å². The molecule has 2 aromatic rings. The zero-order chi connectivity index (χ0) is 19.9. The molecule has 1 aromatic carbocycles. The first-order chi connectivity index (χ1) is 13.6. The van der Waals surface area contributed by atoms with E-state index in [1.807, 2.05) is 12.1 Å². The number of aliphatic hydroxyl groups is 1. The molecule has 0 saturated heterocycles. The van der Waals surface area contributed by atoms with Crippen LogP contribution in [0.25, 0.3) is 0 Å². The van der Waals surface area contributed by atoms with Crippen LogP contribution in [0.15, 0.2) is 35.6 Å². The van der Waals surface area contributed by atoms with Gasteiger partial charge in [0.2, 0.25) is 5.91 Å².